The molecule has 0 aromatic heterocycles. The smallest absolute Gasteiger partial charge is 0.115 e. The van der Waals surface area contributed by atoms with Crippen molar-refractivity contribution in [2.75, 3.05) is 0 Å². The summed E-state index contributed by atoms with van der Waals surface area (Å²) < 4.78 is -11.1. The quantitative estimate of drug-likeness (QED) is 0.224. The summed E-state index contributed by atoms with van der Waals surface area (Å²) in [5, 5.41) is -1.84. The summed E-state index contributed by atoms with van der Waals surface area (Å²) in [5.74, 6) is 0. The molecule has 0 bridgehead atoms. The van der Waals surface area contributed by atoms with Gasteiger partial charge < -0.3 is 0 Å². The lowest BCUT2D eigenvalue weighted by atomic mass is 10.0. The Labute approximate surface area is 209 Å². The van der Waals surface area contributed by atoms with E-state index in [1.165, 1.54) is 24.3 Å². The summed E-state index contributed by atoms with van der Waals surface area (Å²) in [4.78, 5) is 0. The van der Waals surface area contributed by atoms with Gasteiger partial charge in [0.1, 0.15) is 8.41 Å². The maximum Gasteiger partial charge on any atom is 0.184 e. The van der Waals surface area contributed by atoms with Gasteiger partial charge in [-0.3, -0.25) is 0 Å². The van der Waals surface area contributed by atoms with E-state index >= 15 is 0 Å². The van der Waals surface area contributed by atoms with Crippen LogP contribution in [0.1, 0.15) is 0 Å². The Morgan fingerprint density at radius 1 is 0.560 bits per heavy atom. The molecule has 0 nitrogen and oxygen atoms in total. The zero-order valence-electron chi connectivity index (χ0n) is 11.4. The normalized spacial score (nSPS) is 43.8. The van der Waals surface area contributed by atoms with Crippen LogP contribution in [0, 0.1) is 0 Å². The van der Waals surface area contributed by atoms with Crippen molar-refractivity contribution in [1.82, 2.24) is 0 Å². The molecule has 2 aliphatic carbocycles. The van der Waals surface area contributed by atoms with Crippen LogP contribution in [0.4, 0.5) is 0 Å². The molecule has 0 fully saturated rings. The fourth-order valence-electron chi connectivity index (χ4n) is 2.08. The number of allylic oxidation sites excluding steroid dienone is 2. The Balaban J connectivity index is 2.54. The van der Waals surface area contributed by atoms with Crippen LogP contribution in [0.3, 0.4) is 0 Å². The van der Waals surface area contributed by atoms with Crippen molar-refractivity contribution < 1.29 is 0 Å². The Morgan fingerprint density at radius 2 is 0.840 bits per heavy atom. The standard InChI is InChI=1S/C12H6Cl12S/c13-5-1-3-7(15,11(21,22)9(5,17)18)25-8(16)4-2-6(14)10(19,20)12(8,23)24/h1-6H. The monoisotopic (exact) mass is 602 g/mol. The third-order valence-corrected chi connectivity index (χ3v) is 13.9. The first-order valence-electron chi connectivity index (χ1n) is 6.22. The first kappa shape index (κ1) is 24.6. The van der Waals surface area contributed by atoms with Crippen molar-refractivity contribution in [3.63, 3.8) is 0 Å². The van der Waals surface area contributed by atoms with Crippen LogP contribution in [0.15, 0.2) is 24.3 Å². The summed E-state index contributed by atoms with van der Waals surface area (Å²) in [5.41, 5.74) is 0. The summed E-state index contributed by atoms with van der Waals surface area (Å²) in [6.07, 6.45) is 5.66. The third-order valence-electron chi connectivity index (χ3n) is 3.64. The predicted molar refractivity (Wildman–Crippen MR) is 120 cm³/mol. The Hall–Kier alpha value is 3.31. The van der Waals surface area contributed by atoms with Crippen LogP contribution in [0.25, 0.3) is 0 Å². The van der Waals surface area contributed by atoms with Crippen LogP contribution in [0.2, 0.25) is 0 Å². The topological polar surface area (TPSA) is 0 Å². The molecular formula is C12H6Cl12S. The van der Waals surface area contributed by atoms with Crippen molar-refractivity contribution in [2.24, 2.45) is 0 Å². The average Bonchev–Trinajstić information content (AvgIpc) is 2.46. The molecule has 0 aliphatic heterocycles. The molecule has 13 heteroatoms. The number of halogens is 12. The van der Waals surface area contributed by atoms with Gasteiger partial charge in [-0.15, -0.1) is 35.0 Å². The van der Waals surface area contributed by atoms with Gasteiger partial charge in [0.25, 0.3) is 0 Å². The van der Waals surface area contributed by atoms with E-state index in [0.717, 1.165) is 11.8 Å². The van der Waals surface area contributed by atoms with Crippen LogP contribution in [-0.4, -0.2) is 36.5 Å². The van der Waals surface area contributed by atoms with Crippen molar-refractivity contribution in [3.8, 4) is 0 Å². The minimum Gasteiger partial charge on any atom is -0.115 e. The van der Waals surface area contributed by atoms with E-state index < -0.39 is 36.5 Å². The van der Waals surface area contributed by atoms with Crippen LogP contribution < -0.4 is 0 Å². The molecule has 0 aromatic carbocycles. The largest absolute Gasteiger partial charge is 0.184 e. The molecule has 0 saturated carbocycles. The highest BCUT2D eigenvalue weighted by Gasteiger charge is 2.71. The van der Waals surface area contributed by atoms with Crippen LogP contribution in [-0.2, 0) is 0 Å². The Kier molecular flexibility index (Phi) is 7.34. The minimum atomic E-state index is -2.00. The SMILES string of the molecule is ClC1C=CC(Cl)(SC2(Cl)C=CC(Cl)C(Cl)(Cl)C2(Cl)Cl)C(Cl)(Cl)C1(Cl)Cl. The van der Waals surface area contributed by atoms with E-state index in [4.69, 9.17) is 139 Å². The lowest BCUT2D eigenvalue weighted by molar-refractivity contribution is 0.599. The summed E-state index contributed by atoms with van der Waals surface area (Å²) in [7, 11) is 0. The molecule has 0 aromatic rings. The number of alkyl halides is 12. The summed E-state index contributed by atoms with van der Waals surface area (Å²) in [6, 6.07) is 0. The molecule has 4 unspecified atom stereocenters. The van der Waals surface area contributed by atoms with Crippen LogP contribution in [0.5, 0.6) is 0 Å². The van der Waals surface area contributed by atoms with Crippen molar-refractivity contribution in [2.45, 2.75) is 36.5 Å². The molecule has 0 saturated heterocycles. The lowest BCUT2D eigenvalue weighted by Gasteiger charge is -2.53. The third kappa shape index (κ3) is 3.64. The molecule has 0 N–H and O–H groups in total. The zero-order valence-corrected chi connectivity index (χ0v) is 21.3. The van der Waals surface area contributed by atoms with E-state index in [9.17, 15) is 0 Å². The van der Waals surface area contributed by atoms with Gasteiger partial charge in [-0.1, -0.05) is 140 Å². The molecule has 25 heavy (non-hydrogen) atoms. The van der Waals surface area contributed by atoms with Crippen molar-refractivity contribution in [3.05, 3.63) is 24.3 Å². The molecule has 2 rings (SSSR count). The Bertz CT molecular complexity index is 561. The molecule has 0 spiro atoms. The van der Waals surface area contributed by atoms with Gasteiger partial charge in [-0.05, 0) is 0 Å². The van der Waals surface area contributed by atoms with E-state index in [0.29, 0.717) is 0 Å². The molecule has 0 radical (unpaired) electrons. The second kappa shape index (κ2) is 7.47. The first-order chi connectivity index (χ1) is 11.0. The fraction of sp³-hybridized carbons (Fsp3) is 0.667. The molecule has 0 heterocycles. The summed E-state index contributed by atoms with van der Waals surface area (Å²) >= 11 is 76.6. The zero-order chi connectivity index (χ0) is 19.7. The van der Waals surface area contributed by atoms with Crippen LogP contribution >= 0.6 is 151 Å². The van der Waals surface area contributed by atoms with Gasteiger partial charge in [-0.25, -0.2) is 0 Å². The van der Waals surface area contributed by atoms with Gasteiger partial charge in [0.15, 0.2) is 17.3 Å². The number of hydrogen-bond acceptors (Lipinski definition) is 1. The van der Waals surface area contributed by atoms with Gasteiger partial charge >= 0.3 is 0 Å². The lowest BCUT2D eigenvalue weighted by Crippen LogP contribution is -2.62. The fourth-order valence-corrected chi connectivity index (χ4v) is 7.86. The minimum absolute atomic E-state index is 0.743. The average molecular weight is 608 g/mol. The van der Waals surface area contributed by atoms with E-state index in [1.54, 1.807) is 0 Å². The van der Waals surface area contributed by atoms with Gasteiger partial charge in [0.05, 0.1) is 10.8 Å². The maximum absolute atomic E-state index is 6.63. The second-order valence-corrected chi connectivity index (χ2v) is 14.8. The number of thioether (sulfide) groups is 1. The van der Waals surface area contributed by atoms with E-state index in [2.05, 4.69) is 0 Å². The molecule has 0 amide bonds. The highest BCUT2D eigenvalue weighted by molar-refractivity contribution is 8.05. The van der Waals surface area contributed by atoms with Gasteiger partial charge in [0.2, 0.25) is 0 Å². The predicted octanol–water partition coefficient (Wildman–Crippen LogP) is 8.64. The Morgan fingerprint density at radius 3 is 1.12 bits per heavy atom. The highest BCUT2D eigenvalue weighted by Crippen LogP contribution is 2.70. The molecule has 2 aliphatic rings. The van der Waals surface area contributed by atoms with Crippen molar-refractivity contribution in [1.29, 1.82) is 0 Å². The van der Waals surface area contributed by atoms with Gasteiger partial charge in [0, 0.05) is 0 Å². The summed E-state index contributed by atoms with van der Waals surface area (Å²) in [6.45, 7) is 0. The van der Waals surface area contributed by atoms with Gasteiger partial charge in [-0.2, -0.15) is 0 Å². The number of rotatable bonds is 2. The van der Waals surface area contributed by atoms with E-state index in [-0.39, 0.29) is 0 Å². The highest BCUT2D eigenvalue weighted by atomic mass is 35.6. The first-order valence-corrected chi connectivity index (χ1v) is 11.7. The molecule has 4 atom stereocenters. The van der Waals surface area contributed by atoms with E-state index in [1.807, 2.05) is 0 Å². The molecular weight excluding hydrogens is 602 g/mol. The maximum atomic E-state index is 6.63. The number of hydrogen-bond donors (Lipinski definition) is 0. The van der Waals surface area contributed by atoms with Crippen molar-refractivity contribution >= 4 is 151 Å². The molecule has 144 valence electrons. The second-order valence-electron chi connectivity index (χ2n) is 5.31.